The number of aliphatic hydroxyl groups excluding tert-OH is 1. The number of nitrogens with zero attached hydrogens (tertiary/aromatic N) is 2. The molecule has 5 heteroatoms. The molecule has 1 fully saturated rings. The minimum Gasteiger partial charge on any atom is -0.396 e. The third kappa shape index (κ3) is 2.14. The zero-order valence-corrected chi connectivity index (χ0v) is 8.87. The van der Waals surface area contributed by atoms with Crippen LogP contribution in [-0.4, -0.2) is 29.7 Å². The van der Waals surface area contributed by atoms with Gasteiger partial charge in [-0.25, -0.2) is 0 Å². The molecule has 1 aromatic rings. The van der Waals surface area contributed by atoms with Crippen LogP contribution in [0, 0.1) is 16.0 Å². The van der Waals surface area contributed by atoms with E-state index in [4.69, 9.17) is 5.11 Å². The molecular formula is C11H14N2O3. The van der Waals surface area contributed by atoms with Crippen LogP contribution in [0.2, 0.25) is 0 Å². The average molecular weight is 222 g/mol. The number of benzene rings is 1. The second-order valence-electron chi connectivity index (χ2n) is 4.06. The lowest BCUT2D eigenvalue weighted by Crippen LogP contribution is -2.20. The maximum absolute atomic E-state index is 10.5. The van der Waals surface area contributed by atoms with Crippen molar-refractivity contribution in [1.29, 1.82) is 0 Å². The van der Waals surface area contributed by atoms with Crippen LogP contribution in [0.3, 0.4) is 0 Å². The van der Waals surface area contributed by atoms with E-state index >= 15 is 0 Å². The molecule has 86 valence electrons. The molecule has 1 aromatic carbocycles. The molecule has 0 radical (unpaired) electrons. The highest BCUT2D eigenvalue weighted by Crippen LogP contribution is 2.25. The molecule has 0 amide bonds. The molecule has 5 nitrogen and oxygen atoms in total. The smallest absolute Gasteiger partial charge is 0.269 e. The van der Waals surface area contributed by atoms with E-state index in [1.807, 2.05) is 0 Å². The maximum atomic E-state index is 10.5. The fourth-order valence-electron chi connectivity index (χ4n) is 2.00. The lowest BCUT2D eigenvalue weighted by Gasteiger charge is -2.17. The van der Waals surface area contributed by atoms with E-state index in [9.17, 15) is 10.1 Å². The van der Waals surface area contributed by atoms with Crippen LogP contribution in [0.15, 0.2) is 24.3 Å². The molecule has 1 N–H and O–H groups in total. The summed E-state index contributed by atoms with van der Waals surface area (Å²) in [6.07, 6.45) is 0.980. The van der Waals surface area contributed by atoms with Crippen molar-refractivity contribution in [2.45, 2.75) is 6.42 Å². The van der Waals surface area contributed by atoms with Crippen molar-refractivity contribution in [3.05, 3.63) is 34.4 Å². The van der Waals surface area contributed by atoms with Crippen molar-refractivity contribution >= 4 is 11.4 Å². The van der Waals surface area contributed by atoms with Gasteiger partial charge in [-0.3, -0.25) is 10.1 Å². The van der Waals surface area contributed by atoms with Crippen molar-refractivity contribution in [3.8, 4) is 0 Å². The van der Waals surface area contributed by atoms with Gasteiger partial charge >= 0.3 is 0 Å². The van der Waals surface area contributed by atoms with Gasteiger partial charge < -0.3 is 10.0 Å². The van der Waals surface area contributed by atoms with Crippen molar-refractivity contribution in [2.24, 2.45) is 5.92 Å². The summed E-state index contributed by atoms with van der Waals surface area (Å²) in [5.74, 6) is 0.329. The number of hydrogen-bond acceptors (Lipinski definition) is 4. The number of rotatable bonds is 3. The fraction of sp³-hybridized carbons (Fsp3) is 0.455. The molecule has 16 heavy (non-hydrogen) atoms. The van der Waals surface area contributed by atoms with Gasteiger partial charge in [0.1, 0.15) is 0 Å². The first-order valence-corrected chi connectivity index (χ1v) is 5.31. The predicted molar refractivity (Wildman–Crippen MR) is 60.5 cm³/mol. The molecule has 1 aliphatic heterocycles. The maximum Gasteiger partial charge on any atom is 0.269 e. The van der Waals surface area contributed by atoms with Crippen LogP contribution < -0.4 is 4.90 Å². The summed E-state index contributed by atoms with van der Waals surface area (Å²) < 4.78 is 0. The normalized spacial score (nSPS) is 20.1. The summed E-state index contributed by atoms with van der Waals surface area (Å²) in [5, 5.41) is 19.5. The minimum atomic E-state index is -0.399. The molecule has 1 heterocycles. The highest BCUT2D eigenvalue weighted by atomic mass is 16.6. The summed E-state index contributed by atoms with van der Waals surface area (Å²) in [4.78, 5) is 12.2. The predicted octanol–water partition coefficient (Wildman–Crippen LogP) is 1.41. The third-order valence-corrected chi connectivity index (χ3v) is 2.97. The van der Waals surface area contributed by atoms with E-state index in [1.54, 1.807) is 12.1 Å². The van der Waals surface area contributed by atoms with Gasteiger partial charge in [-0.2, -0.15) is 0 Å². The second kappa shape index (κ2) is 4.49. The molecule has 2 rings (SSSR count). The third-order valence-electron chi connectivity index (χ3n) is 2.97. The SMILES string of the molecule is O=[N+]([O-])c1ccc(N2CCC(CO)C2)cc1. The first-order valence-electron chi connectivity index (χ1n) is 5.31. The van der Waals surface area contributed by atoms with Crippen LogP contribution in [-0.2, 0) is 0 Å². The summed E-state index contributed by atoms with van der Waals surface area (Å²) >= 11 is 0. The van der Waals surface area contributed by atoms with Gasteiger partial charge in [-0.1, -0.05) is 0 Å². The number of aliphatic hydroxyl groups is 1. The van der Waals surface area contributed by atoms with Crippen LogP contribution in [0.25, 0.3) is 0 Å². The standard InChI is InChI=1S/C11H14N2O3/c14-8-9-5-6-12(7-9)10-1-3-11(4-2-10)13(15)16/h1-4,9,14H,5-8H2. The van der Waals surface area contributed by atoms with E-state index in [1.165, 1.54) is 12.1 Å². The Labute approximate surface area is 93.5 Å². The van der Waals surface area contributed by atoms with Crippen molar-refractivity contribution < 1.29 is 10.0 Å². The zero-order chi connectivity index (χ0) is 11.5. The quantitative estimate of drug-likeness (QED) is 0.620. The number of hydrogen-bond donors (Lipinski definition) is 1. The molecule has 1 saturated heterocycles. The average Bonchev–Trinajstić information content (AvgIpc) is 2.77. The molecular weight excluding hydrogens is 208 g/mol. The second-order valence-corrected chi connectivity index (χ2v) is 4.06. The molecule has 0 spiro atoms. The summed E-state index contributed by atoms with van der Waals surface area (Å²) in [6.45, 7) is 1.95. The topological polar surface area (TPSA) is 66.6 Å². The Morgan fingerprint density at radius 1 is 1.44 bits per heavy atom. The highest BCUT2D eigenvalue weighted by molar-refractivity contribution is 5.51. The Bertz CT molecular complexity index is 377. The van der Waals surface area contributed by atoms with E-state index < -0.39 is 4.92 Å². The van der Waals surface area contributed by atoms with Gasteiger partial charge in [0, 0.05) is 43.4 Å². The highest BCUT2D eigenvalue weighted by Gasteiger charge is 2.22. The van der Waals surface area contributed by atoms with Gasteiger partial charge in [-0.15, -0.1) is 0 Å². The van der Waals surface area contributed by atoms with E-state index in [0.717, 1.165) is 25.2 Å². The van der Waals surface area contributed by atoms with Gasteiger partial charge in [0.25, 0.3) is 5.69 Å². The largest absolute Gasteiger partial charge is 0.396 e. The van der Waals surface area contributed by atoms with Crippen molar-refractivity contribution in [2.75, 3.05) is 24.6 Å². The molecule has 1 atom stereocenters. The molecule has 0 aromatic heterocycles. The minimum absolute atomic E-state index is 0.113. The molecule has 1 unspecified atom stereocenters. The van der Waals surface area contributed by atoms with Crippen molar-refractivity contribution in [3.63, 3.8) is 0 Å². The molecule has 0 saturated carbocycles. The van der Waals surface area contributed by atoms with Crippen LogP contribution in [0.5, 0.6) is 0 Å². The van der Waals surface area contributed by atoms with Gasteiger partial charge in [0.15, 0.2) is 0 Å². The summed E-state index contributed by atoms with van der Waals surface area (Å²) in [6, 6.07) is 6.55. The molecule has 1 aliphatic rings. The molecule has 0 bridgehead atoms. The Hall–Kier alpha value is -1.62. The Kier molecular flexibility index (Phi) is 3.05. The van der Waals surface area contributed by atoms with Crippen LogP contribution in [0.1, 0.15) is 6.42 Å². The first kappa shape index (κ1) is 10.9. The van der Waals surface area contributed by atoms with E-state index in [2.05, 4.69) is 4.90 Å². The number of anilines is 1. The summed E-state index contributed by atoms with van der Waals surface area (Å²) in [5.41, 5.74) is 1.10. The van der Waals surface area contributed by atoms with Crippen molar-refractivity contribution in [1.82, 2.24) is 0 Å². The number of nitro benzene ring substituents is 1. The van der Waals surface area contributed by atoms with Crippen LogP contribution >= 0.6 is 0 Å². The van der Waals surface area contributed by atoms with Gasteiger partial charge in [0.2, 0.25) is 0 Å². The van der Waals surface area contributed by atoms with E-state index in [0.29, 0.717) is 5.92 Å². The number of nitro groups is 1. The molecule has 0 aliphatic carbocycles. The zero-order valence-electron chi connectivity index (χ0n) is 8.87. The van der Waals surface area contributed by atoms with Crippen LogP contribution in [0.4, 0.5) is 11.4 Å². The number of non-ortho nitro benzene ring substituents is 1. The van der Waals surface area contributed by atoms with E-state index in [-0.39, 0.29) is 12.3 Å². The lowest BCUT2D eigenvalue weighted by atomic mass is 10.1. The first-order chi connectivity index (χ1) is 7.70. The van der Waals surface area contributed by atoms with Gasteiger partial charge in [-0.05, 0) is 18.6 Å². The fourth-order valence-corrected chi connectivity index (χ4v) is 2.00. The monoisotopic (exact) mass is 222 g/mol. The Morgan fingerprint density at radius 2 is 2.12 bits per heavy atom. The Morgan fingerprint density at radius 3 is 2.62 bits per heavy atom. The lowest BCUT2D eigenvalue weighted by molar-refractivity contribution is -0.384. The van der Waals surface area contributed by atoms with Gasteiger partial charge in [0.05, 0.1) is 4.92 Å². The Balaban J connectivity index is 2.08. The summed E-state index contributed by atoms with van der Waals surface area (Å²) in [7, 11) is 0.